The number of anilines is 2. The van der Waals surface area contributed by atoms with Gasteiger partial charge in [0.15, 0.2) is 15.9 Å². The Morgan fingerprint density at radius 3 is 1.38 bits per heavy atom. The molecule has 17 heteroatoms. The van der Waals surface area contributed by atoms with Gasteiger partial charge < -0.3 is 29.6 Å². The molecule has 0 aliphatic carbocycles. The third kappa shape index (κ3) is 30.0. The van der Waals surface area contributed by atoms with E-state index >= 15 is 0 Å². The van der Waals surface area contributed by atoms with Gasteiger partial charge in [0.2, 0.25) is 5.91 Å². The zero-order valence-corrected chi connectivity index (χ0v) is 58.5. The number of nitrogens with one attached hydrogen (secondary N) is 2. The van der Waals surface area contributed by atoms with E-state index in [1.165, 1.54) is 67.2 Å². The van der Waals surface area contributed by atoms with E-state index in [2.05, 4.69) is 64.7 Å². The smallest absolute Gasteiger partial charge is 0.265 e. The molecule has 2 atom stereocenters. The van der Waals surface area contributed by atoms with Gasteiger partial charge in [-0.15, -0.1) is 46.4 Å². The second-order valence-corrected chi connectivity index (χ2v) is 25.3. The predicted molar refractivity (Wildman–Crippen MR) is 369 cm³/mol. The lowest BCUT2D eigenvalue weighted by atomic mass is 10.1. The lowest BCUT2D eigenvalue weighted by molar-refractivity contribution is -0.123. The molecule has 2 amide bonds. The number of halogens is 6. The molecule has 0 aromatic heterocycles. The van der Waals surface area contributed by atoms with Crippen molar-refractivity contribution >= 4 is 107 Å². The van der Waals surface area contributed by atoms with Crippen LogP contribution in [0.5, 0.6) is 23.0 Å². The van der Waals surface area contributed by atoms with E-state index in [1.54, 1.807) is 58.6 Å². The van der Waals surface area contributed by atoms with E-state index in [9.17, 15) is 18.0 Å². The predicted octanol–water partition coefficient (Wildman–Crippen LogP) is 20.2. The van der Waals surface area contributed by atoms with Crippen LogP contribution in [0.1, 0.15) is 147 Å². The van der Waals surface area contributed by atoms with Crippen LogP contribution in [0.2, 0.25) is 5.02 Å². The number of aryl methyl sites for hydroxylation is 5. The van der Waals surface area contributed by atoms with Gasteiger partial charge in [-0.05, 0) is 124 Å². The summed E-state index contributed by atoms with van der Waals surface area (Å²) in [6.07, 6.45) is 11.6. The van der Waals surface area contributed by atoms with Gasteiger partial charge in [-0.2, -0.15) is 0 Å². The second-order valence-electron chi connectivity index (χ2n) is 21.0. The minimum absolute atomic E-state index is 0.130. The summed E-state index contributed by atoms with van der Waals surface area (Å²) in [4.78, 5) is 25.0. The van der Waals surface area contributed by atoms with Crippen molar-refractivity contribution in [2.24, 2.45) is 5.92 Å². The van der Waals surface area contributed by atoms with Crippen LogP contribution < -0.4 is 29.6 Å². The maximum Gasteiger partial charge on any atom is 0.265 e. The van der Waals surface area contributed by atoms with Crippen LogP contribution in [0.25, 0.3) is 0 Å². The summed E-state index contributed by atoms with van der Waals surface area (Å²) in [7, 11) is 1.55. The van der Waals surface area contributed by atoms with E-state index in [1.807, 2.05) is 95.3 Å². The molecule has 0 saturated carbocycles. The van der Waals surface area contributed by atoms with Crippen molar-refractivity contribution in [2.45, 2.75) is 161 Å². The first-order chi connectivity index (χ1) is 41.2. The van der Waals surface area contributed by atoms with E-state index < -0.39 is 21.9 Å². The molecule has 0 saturated heterocycles. The number of methoxy groups -OCH3 is 3. The van der Waals surface area contributed by atoms with E-state index in [4.69, 9.17) is 77.0 Å². The summed E-state index contributed by atoms with van der Waals surface area (Å²) in [6, 6.07) is 36.7. The molecule has 0 bridgehead atoms. The first-order valence-corrected chi connectivity index (χ1v) is 34.8. The number of rotatable bonds is 28. The largest absolute Gasteiger partial charge is 0.496 e. The molecule has 2 unspecified atom stereocenters. The average Bonchev–Trinajstić information content (AvgIpc) is 3.45. The zero-order valence-electron chi connectivity index (χ0n) is 52.3. The summed E-state index contributed by atoms with van der Waals surface area (Å²) in [5.41, 5.74) is 12.2. The Bertz CT molecular complexity index is 3060. The fourth-order valence-corrected chi connectivity index (χ4v) is 12.2. The van der Waals surface area contributed by atoms with Gasteiger partial charge in [0.05, 0.1) is 50.5 Å². The van der Waals surface area contributed by atoms with Gasteiger partial charge in [0, 0.05) is 50.2 Å². The summed E-state index contributed by atoms with van der Waals surface area (Å²) < 4.78 is 46.3. The fourth-order valence-electron chi connectivity index (χ4n) is 8.74. The number of benzene rings is 6. The molecule has 474 valence electrons. The van der Waals surface area contributed by atoms with Crippen molar-refractivity contribution in [2.75, 3.05) is 43.5 Å². The van der Waals surface area contributed by atoms with Gasteiger partial charge in [0.25, 0.3) is 5.91 Å². The minimum atomic E-state index is -3.25. The third-order valence-corrected chi connectivity index (χ3v) is 17.8. The summed E-state index contributed by atoms with van der Waals surface area (Å²) in [5, 5.41) is 7.38. The molecular weight excluding hydrogens is 1270 g/mol. The molecule has 6 aromatic rings. The molecular formula is C69H92BrCl5N2O8S. The highest BCUT2D eigenvalue weighted by atomic mass is 79.9. The van der Waals surface area contributed by atoms with E-state index in [0.717, 1.165) is 68.1 Å². The SMILES string of the molecule is CCC(Oc1ccc(C)cc1C)C(=O)Nc1ccc(OC)c(CCl)c1.CCCCCCCCCCCCS(=O)(=O)CC(C)C(=O)Nc1ccc(OC)c(CCl)c1.COc1ccc(C)cc1CCl.Cc1ccc(Cl)c(CCl)c1.Cc1ccccc1CBr. The number of unbranched alkanes of at least 4 members (excludes halogenated alkanes) is 9. The monoisotopic (exact) mass is 1360 g/mol. The highest BCUT2D eigenvalue weighted by Gasteiger charge is 2.23. The van der Waals surface area contributed by atoms with E-state index in [0.29, 0.717) is 53.4 Å². The van der Waals surface area contributed by atoms with Crippen molar-refractivity contribution in [1.29, 1.82) is 0 Å². The van der Waals surface area contributed by atoms with Gasteiger partial charge in [-0.1, -0.05) is 183 Å². The standard InChI is InChI=1S/C24H40ClNO4S.C20H24ClNO3.C9H11ClO.C8H9Br.C8H8Cl2/c1-4-5-6-7-8-9-10-11-12-13-16-31(28,29)19-20(2)24(27)26-22-14-15-23(30-3)21(17-22)18-25;1-5-17(25-18-8-6-13(2)10-14(18)3)20(23)22-16-7-9-19(24-4)15(11-16)12-21;1-7-3-4-9(11-2)8(5-7)6-10;1-7-4-2-3-5-8(7)6-9;1-6-2-3-8(10)7(4-6)5-9/h14-15,17,20H,4-13,16,18-19H2,1-3H3,(H,26,27);6-11,17H,5,12H2,1-4H3,(H,22,23);3-5H,6H2,1-2H3;2-5H,6H2,1H3;2-4H,5H2,1H3. The first-order valence-electron chi connectivity index (χ1n) is 29.3. The van der Waals surface area contributed by atoms with Crippen LogP contribution in [0.4, 0.5) is 11.4 Å². The molecule has 6 rings (SSSR count). The molecule has 0 aliphatic heterocycles. The number of carbonyl (C=O) groups excluding carboxylic acids is 2. The molecule has 0 spiro atoms. The van der Waals surface area contributed by atoms with Crippen LogP contribution >= 0.6 is 73.9 Å². The lowest BCUT2D eigenvalue weighted by Crippen LogP contribution is -2.32. The fraction of sp³-hybridized carbons (Fsp3) is 0.449. The molecule has 0 radical (unpaired) electrons. The Kier molecular flexibility index (Phi) is 39.5. The minimum Gasteiger partial charge on any atom is -0.496 e. The molecule has 0 aliphatic rings. The Hall–Kier alpha value is -4.66. The molecule has 10 nitrogen and oxygen atoms in total. The number of amides is 2. The maximum atomic E-state index is 12.6. The van der Waals surface area contributed by atoms with Crippen LogP contribution in [-0.2, 0) is 48.3 Å². The topological polar surface area (TPSA) is 129 Å². The van der Waals surface area contributed by atoms with Crippen molar-refractivity contribution in [3.63, 3.8) is 0 Å². The average molecular weight is 1370 g/mol. The van der Waals surface area contributed by atoms with Crippen molar-refractivity contribution < 1.29 is 37.0 Å². The van der Waals surface area contributed by atoms with E-state index in [-0.39, 0.29) is 29.2 Å². The Morgan fingerprint density at radius 1 is 0.512 bits per heavy atom. The highest BCUT2D eigenvalue weighted by Crippen LogP contribution is 2.28. The van der Waals surface area contributed by atoms with Crippen LogP contribution in [0.15, 0.2) is 115 Å². The molecule has 2 N–H and O–H groups in total. The van der Waals surface area contributed by atoms with Crippen LogP contribution in [0, 0.1) is 40.5 Å². The first kappa shape index (κ1) is 77.4. The number of sulfone groups is 1. The Labute approximate surface area is 549 Å². The van der Waals surface area contributed by atoms with Crippen molar-refractivity contribution in [1.82, 2.24) is 0 Å². The molecule has 0 fully saturated rings. The van der Waals surface area contributed by atoms with Crippen LogP contribution in [0.3, 0.4) is 0 Å². The highest BCUT2D eigenvalue weighted by molar-refractivity contribution is 9.08. The Balaban J connectivity index is 0.000000402. The van der Waals surface area contributed by atoms with Gasteiger partial charge in [-0.25, -0.2) is 8.42 Å². The number of ether oxygens (including phenoxy) is 4. The van der Waals surface area contributed by atoms with Gasteiger partial charge in [0.1, 0.15) is 23.0 Å². The molecule has 0 heterocycles. The van der Waals surface area contributed by atoms with Gasteiger partial charge in [-0.3, -0.25) is 9.59 Å². The summed E-state index contributed by atoms with van der Waals surface area (Å²) in [6.45, 7) is 16.0. The van der Waals surface area contributed by atoms with Crippen LogP contribution in [-0.4, -0.2) is 59.2 Å². The Morgan fingerprint density at radius 2 is 0.942 bits per heavy atom. The molecule has 86 heavy (non-hydrogen) atoms. The lowest BCUT2D eigenvalue weighted by Gasteiger charge is -2.19. The quantitative estimate of drug-likeness (QED) is 0.0367. The number of hydrogen-bond acceptors (Lipinski definition) is 8. The summed E-state index contributed by atoms with van der Waals surface area (Å²) in [5.74, 6) is 3.42. The van der Waals surface area contributed by atoms with Crippen molar-refractivity contribution in [3.05, 3.63) is 176 Å². The van der Waals surface area contributed by atoms with Gasteiger partial charge >= 0.3 is 0 Å². The van der Waals surface area contributed by atoms with Crippen molar-refractivity contribution in [3.8, 4) is 23.0 Å². The molecule has 6 aromatic carbocycles. The normalized spacial score (nSPS) is 11.3. The number of hydrogen-bond donors (Lipinski definition) is 2. The zero-order chi connectivity index (χ0) is 64.0. The second kappa shape index (κ2) is 43.9. The summed E-state index contributed by atoms with van der Waals surface area (Å²) >= 11 is 32.4. The number of carbonyl (C=O) groups is 2. The maximum absolute atomic E-state index is 12.6. The third-order valence-electron chi connectivity index (χ3n) is 13.7. The number of alkyl halides is 5.